The number of nitrogens with one attached hydrogen (secondary N) is 2. The Balaban J connectivity index is 1.73. The molecule has 2 heterocycles. The summed E-state index contributed by atoms with van der Waals surface area (Å²) in [6.45, 7) is 3.57. The van der Waals surface area contributed by atoms with Gasteiger partial charge in [-0.2, -0.15) is 0 Å². The zero-order chi connectivity index (χ0) is 18.4. The second kappa shape index (κ2) is 8.77. The van der Waals surface area contributed by atoms with Crippen molar-refractivity contribution in [2.24, 2.45) is 0 Å². The molecule has 1 aromatic carbocycles. The monoisotopic (exact) mass is 376 g/mol. The maximum absolute atomic E-state index is 11.6. The summed E-state index contributed by atoms with van der Waals surface area (Å²) < 4.78 is 0. The number of nitro groups is 1. The summed E-state index contributed by atoms with van der Waals surface area (Å²) in [6, 6.07) is 7.01. The fourth-order valence-corrected chi connectivity index (χ4v) is 3.16. The van der Waals surface area contributed by atoms with Gasteiger partial charge in [-0.1, -0.05) is 30.2 Å². The molecule has 1 saturated heterocycles. The van der Waals surface area contributed by atoms with E-state index in [2.05, 4.69) is 25.5 Å². The molecule has 9 heteroatoms. The minimum Gasteiger partial charge on any atom is -0.363 e. The third-order valence-corrected chi connectivity index (χ3v) is 4.63. The molecule has 0 atom stereocenters. The summed E-state index contributed by atoms with van der Waals surface area (Å²) >= 11 is 6.12. The highest BCUT2D eigenvalue weighted by Crippen LogP contribution is 2.33. The molecule has 1 aliphatic rings. The molecule has 2 aromatic rings. The Hall–Kier alpha value is -2.45. The maximum atomic E-state index is 11.6. The van der Waals surface area contributed by atoms with Crippen molar-refractivity contribution in [3.05, 3.63) is 45.7 Å². The van der Waals surface area contributed by atoms with E-state index in [1.54, 1.807) is 24.3 Å². The first-order valence-corrected chi connectivity index (χ1v) is 9.00. The standard InChI is InChI=1S/C17H21ClN6O2/c18-13-6-2-3-7-14(13)22-17-15(24(25)26)16(20-12-21-17)19-8-11-23-9-4-1-5-10-23/h2-3,6-7,12H,1,4-5,8-11H2,(H2,19,20,21,22). The van der Waals surface area contributed by atoms with Gasteiger partial charge in [-0.3, -0.25) is 10.1 Å². The van der Waals surface area contributed by atoms with Gasteiger partial charge >= 0.3 is 5.69 Å². The SMILES string of the molecule is O=[N+]([O-])c1c(NCCN2CCCCC2)ncnc1Nc1ccccc1Cl. The van der Waals surface area contributed by atoms with Gasteiger partial charge < -0.3 is 15.5 Å². The predicted molar refractivity (Wildman–Crippen MR) is 102 cm³/mol. The van der Waals surface area contributed by atoms with Crippen molar-refractivity contribution >= 4 is 34.6 Å². The van der Waals surface area contributed by atoms with E-state index >= 15 is 0 Å². The highest BCUT2D eigenvalue weighted by Gasteiger charge is 2.23. The highest BCUT2D eigenvalue weighted by atomic mass is 35.5. The Morgan fingerprint density at radius 2 is 1.88 bits per heavy atom. The molecule has 1 aliphatic heterocycles. The first kappa shape index (κ1) is 18.3. The number of halogens is 1. The lowest BCUT2D eigenvalue weighted by atomic mass is 10.1. The molecule has 1 fully saturated rings. The van der Waals surface area contributed by atoms with Crippen LogP contribution in [0, 0.1) is 10.1 Å². The van der Waals surface area contributed by atoms with Crippen LogP contribution < -0.4 is 10.6 Å². The summed E-state index contributed by atoms with van der Waals surface area (Å²) in [5.74, 6) is 0.315. The van der Waals surface area contributed by atoms with E-state index in [-0.39, 0.29) is 17.3 Å². The molecule has 0 radical (unpaired) electrons. The molecule has 3 rings (SSSR count). The van der Waals surface area contributed by atoms with Crippen LogP contribution in [0.15, 0.2) is 30.6 Å². The summed E-state index contributed by atoms with van der Waals surface area (Å²) in [5, 5.41) is 18.0. The van der Waals surface area contributed by atoms with E-state index < -0.39 is 4.92 Å². The molecule has 1 aromatic heterocycles. The van der Waals surface area contributed by atoms with Crippen LogP contribution in [0.3, 0.4) is 0 Å². The van der Waals surface area contributed by atoms with Gasteiger partial charge in [0.2, 0.25) is 11.6 Å². The fourth-order valence-electron chi connectivity index (χ4n) is 2.98. The lowest BCUT2D eigenvalue weighted by molar-refractivity contribution is -0.383. The Morgan fingerprint density at radius 3 is 2.62 bits per heavy atom. The minimum absolute atomic E-state index is 0.110. The van der Waals surface area contributed by atoms with Gasteiger partial charge in [-0.05, 0) is 38.1 Å². The second-order valence-electron chi connectivity index (χ2n) is 6.11. The van der Waals surface area contributed by atoms with E-state index in [4.69, 9.17) is 11.6 Å². The number of nitrogens with zero attached hydrogens (tertiary/aromatic N) is 4. The summed E-state index contributed by atoms with van der Waals surface area (Å²) in [7, 11) is 0. The normalized spacial score (nSPS) is 14.8. The molecule has 138 valence electrons. The number of rotatable bonds is 7. The maximum Gasteiger partial charge on any atom is 0.353 e. The molecule has 0 unspecified atom stereocenters. The molecule has 0 aliphatic carbocycles. The first-order valence-electron chi connectivity index (χ1n) is 8.62. The summed E-state index contributed by atoms with van der Waals surface area (Å²) in [6.07, 6.45) is 4.99. The van der Waals surface area contributed by atoms with E-state index in [0.29, 0.717) is 17.3 Å². The molecule has 26 heavy (non-hydrogen) atoms. The van der Waals surface area contributed by atoms with Gasteiger partial charge in [-0.15, -0.1) is 0 Å². The van der Waals surface area contributed by atoms with Crippen LogP contribution in [-0.4, -0.2) is 46.0 Å². The summed E-state index contributed by atoms with van der Waals surface area (Å²) in [4.78, 5) is 21.5. The molecule has 0 spiro atoms. The molecular formula is C17H21ClN6O2. The third kappa shape index (κ3) is 4.59. The van der Waals surface area contributed by atoms with Crippen molar-refractivity contribution in [3.63, 3.8) is 0 Å². The molecule has 2 N–H and O–H groups in total. The van der Waals surface area contributed by atoms with E-state index in [1.165, 1.54) is 25.6 Å². The third-order valence-electron chi connectivity index (χ3n) is 4.30. The number of likely N-dealkylation sites (tertiary alicyclic amines) is 1. The Labute approximate surface area is 156 Å². The van der Waals surface area contributed by atoms with E-state index in [0.717, 1.165) is 19.6 Å². The van der Waals surface area contributed by atoms with Gasteiger partial charge in [0.1, 0.15) is 6.33 Å². The molecule has 0 bridgehead atoms. The second-order valence-corrected chi connectivity index (χ2v) is 6.52. The number of para-hydroxylation sites is 1. The zero-order valence-corrected chi connectivity index (χ0v) is 15.1. The van der Waals surface area contributed by atoms with E-state index in [1.807, 2.05) is 0 Å². The van der Waals surface area contributed by atoms with Crippen LogP contribution in [0.5, 0.6) is 0 Å². The van der Waals surface area contributed by atoms with Crippen LogP contribution in [0.4, 0.5) is 23.0 Å². The van der Waals surface area contributed by atoms with Gasteiger partial charge in [0.15, 0.2) is 0 Å². The van der Waals surface area contributed by atoms with Gasteiger partial charge in [0, 0.05) is 13.1 Å². The zero-order valence-electron chi connectivity index (χ0n) is 14.3. The smallest absolute Gasteiger partial charge is 0.353 e. The van der Waals surface area contributed by atoms with Crippen molar-refractivity contribution < 1.29 is 4.92 Å². The van der Waals surface area contributed by atoms with Crippen LogP contribution in [0.25, 0.3) is 0 Å². The molecular weight excluding hydrogens is 356 g/mol. The number of aromatic nitrogens is 2. The van der Waals surface area contributed by atoms with Crippen molar-refractivity contribution in [2.45, 2.75) is 19.3 Å². The Bertz CT molecular complexity index is 767. The number of hydrogen-bond donors (Lipinski definition) is 2. The quantitative estimate of drug-likeness (QED) is 0.562. The van der Waals surface area contributed by atoms with Gasteiger partial charge in [-0.25, -0.2) is 9.97 Å². The van der Waals surface area contributed by atoms with E-state index in [9.17, 15) is 10.1 Å². The summed E-state index contributed by atoms with van der Waals surface area (Å²) in [5.41, 5.74) is 0.362. The average Bonchev–Trinajstić information content (AvgIpc) is 2.64. The number of piperidine rings is 1. The number of anilines is 3. The average molecular weight is 377 g/mol. The van der Waals surface area contributed by atoms with Crippen LogP contribution in [0.1, 0.15) is 19.3 Å². The Morgan fingerprint density at radius 1 is 1.15 bits per heavy atom. The molecule has 8 nitrogen and oxygen atoms in total. The highest BCUT2D eigenvalue weighted by molar-refractivity contribution is 6.33. The first-order chi connectivity index (χ1) is 12.6. The molecule has 0 saturated carbocycles. The van der Waals surface area contributed by atoms with Crippen molar-refractivity contribution in [3.8, 4) is 0 Å². The lowest BCUT2D eigenvalue weighted by Crippen LogP contribution is -2.33. The van der Waals surface area contributed by atoms with Crippen molar-refractivity contribution in [1.29, 1.82) is 0 Å². The predicted octanol–water partition coefficient (Wildman–Crippen LogP) is 3.68. The van der Waals surface area contributed by atoms with Crippen LogP contribution >= 0.6 is 11.6 Å². The van der Waals surface area contributed by atoms with Gasteiger partial charge in [0.05, 0.1) is 15.6 Å². The minimum atomic E-state index is -0.484. The fraction of sp³-hybridized carbons (Fsp3) is 0.412. The molecule has 0 amide bonds. The number of benzene rings is 1. The topological polar surface area (TPSA) is 96.2 Å². The van der Waals surface area contributed by atoms with Crippen LogP contribution in [0.2, 0.25) is 5.02 Å². The number of hydrogen-bond acceptors (Lipinski definition) is 7. The van der Waals surface area contributed by atoms with Crippen molar-refractivity contribution in [2.75, 3.05) is 36.8 Å². The Kier molecular flexibility index (Phi) is 6.19. The largest absolute Gasteiger partial charge is 0.363 e. The lowest BCUT2D eigenvalue weighted by Gasteiger charge is -2.26. The van der Waals surface area contributed by atoms with Gasteiger partial charge in [0.25, 0.3) is 0 Å². The van der Waals surface area contributed by atoms with Crippen molar-refractivity contribution in [1.82, 2.24) is 14.9 Å². The van der Waals surface area contributed by atoms with Crippen LogP contribution in [-0.2, 0) is 0 Å².